The lowest BCUT2D eigenvalue weighted by atomic mass is 9.76. The number of aryl methyl sites for hydroxylation is 1. The fourth-order valence-corrected chi connectivity index (χ4v) is 4.68. The maximum Gasteiger partial charge on any atom is 0.319 e. The lowest BCUT2D eigenvalue weighted by Crippen LogP contribution is -2.48. The van der Waals surface area contributed by atoms with Crippen LogP contribution in [0.15, 0.2) is 54.6 Å². The van der Waals surface area contributed by atoms with Crippen LogP contribution in [0, 0.1) is 6.92 Å². The van der Waals surface area contributed by atoms with Crippen LogP contribution in [0.3, 0.4) is 0 Å². The van der Waals surface area contributed by atoms with E-state index in [2.05, 4.69) is 5.32 Å². The van der Waals surface area contributed by atoms with Gasteiger partial charge in [0.15, 0.2) is 0 Å². The Morgan fingerprint density at radius 2 is 1.71 bits per heavy atom. The highest BCUT2D eigenvalue weighted by atomic mass is 16.5. The van der Waals surface area contributed by atoms with Crippen molar-refractivity contribution in [3.8, 4) is 0 Å². The molecule has 148 valence electrons. The number of aliphatic hydroxyl groups excluding tert-OH is 1. The summed E-state index contributed by atoms with van der Waals surface area (Å²) in [5.74, 6) is -0.312. The topological polar surface area (TPSA) is 58.6 Å². The molecule has 2 heterocycles. The molecule has 2 saturated heterocycles. The third-order valence-electron chi connectivity index (χ3n) is 6.32. The van der Waals surface area contributed by atoms with Crippen LogP contribution < -0.4 is 5.32 Å². The molecule has 4 rings (SSSR count). The first-order chi connectivity index (χ1) is 13.6. The van der Waals surface area contributed by atoms with Crippen LogP contribution in [0.2, 0.25) is 0 Å². The molecule has 3 unspecified atom stereocenters. The molecular weight excluding hydrogens is 350 g/mol. The summed E-state index contributed by atoms with van der Waals surface area (Å²) in [6, 6.07) is 18.6. The number of ether oxygens (including phenoxy) is 1. The fourth-order valence-electron chi connectivity index (χ4n) is 4.68. The number of carbonyl (C=O) groups excluding carboxylic acids is 1. The molecule has 0 saturated carbocycles. The van der Waals surface area contributed by atoms with Crippen molar-refractivity contribution in [2.75, 3.05) is 6.61 Å². The number of fused-ring (bicyclic) bond motifs is 2. The van der Waals surface area contributed by atoms with E-state index in [0.29, 0.717) is 18.5 Å². The van der Waals surface area contributed by atoms with Crippen molar-refractivity contribution in [3.63, 3.8) is 0 Å². The first kappa shape index (κ1) is 19.2. The number of carbonyl (C=O) groups is 1. The predicted molar refractivity (Wildman–Crippen MR) is 109 cm³/mol. The molecule has 0 radical (unpaired) electrons. The first-order valence-corrected chi connectivity index (χ1v) is 10.3. The average Bonchev–Trinajstić information content (AvgIpc) is 3.06. The summed E-state index contributed by atoms with van der Waals surface area (Å²) in [6.45, 7) is 1.77. The van der Waals surface area contributed by atoms with Crippen molar-refractivity contribution in [2.45, 2.75) is 62.6 Å². The molecule has 4 nitrogen and oxygen atoms in total. The maximum atomic E-state index is 13.5. The second kappa shape index (κ2) is 8.06. The second-order valence-electron chi connectivity index (χ2n) is 8.41. The van der Waals surface area contributed by atoms with E-state index in [1.807, 2.05) is 61.5 Å². The predicted octanol–water partition coefficient (Wildman–Crippen LogP) is 3.29. The molecule has 2 N–H and O–H groups in total. The van der Waals surface area contributed by atoms with E-state index in [1.54, 1.807) is 0 Å². The van der Waals surface area contributed by atoms with Gasteiger partial charge in [-0.25, -0.2) is 0 Å². The smallest absolute Gasteiger partial charge is 0.319 e. The third kappa shape index (κ3) is 3.85. The quantitative estimate of drug-likeness (QED) is 0.756. The molecule has 0 aromatic heterocycles. The minimum Gasteiger partial charge on any atom is -0.462 e. The van der Waals surface area contributed by atoms with Gasteiger partial charge in [-0.2, -0.15) is 0 Å². The van der Waals surface area contributed by atoms with E-state index in [4.69, 9.17) is 4.74 Å². The second-order valence-corrected chi connectivity index (χ2v) is 8.41. The number of piperidine rings is 1. The number of nitrogens with one attached hydrogen (secondary N) is 1. The Morgan fingerprint density at radius 1 is 1.07 bits per heavy atom. The van der Waals surface area contributed by atoms with Crippen LogP contribution in [0.4, 0.5) is 0 Å². The van der Waals surface area contributed by atoms with Crippen molar-refractivity contribution < 1.29 is 14.6 Å². The molecule has 2 fully saturated rings. The van der Waals surface area contributed by atoms with Gasteiger partial charge in [-0.3, -0.25) is 4.79 Å². The van der Waals surface area contributed by atoms with Crippen molar-refractivity contribution in [3.05, 3.63) is 71.3 Å². The third-order valence-corrected chi connectivity index (χ3v) is 6.32. The van der Waals surface area contributed by atoms with Crippen LogP contribution >= 0.6 is 0 Å². The number of rotatable bonds is 6. The van der Waals surface area contributed by atoms with Gasteiger partial charge in [0.05, 0.1) is 6.61 Å². The van der Waals surface area contributed by atoms with Crippen LogP contribution in [0.1, 0.15) is 42.4 Å². The zero-order valence-electron chi connectivity index (χ0n) is 16.4. The monoisotopic (exact) mass is 379 g/mol. The van der Waals surface area contributed by atoms with Crippen LogP contribution in [0.25, 0.3) is 0 Å². The number of hydrogen-bond acceptors (Lipinski definition) is 4. The van der Waals surface area contributed by atoms with E-state index in [9.17, 15) is 9.90 Å². The van der Waals surface area contributed by atoms with E-state index >= 15 is 0 Å². The minimum atomic E-state index is -1.08. The summed E-state index contributed by atoms with van der Waals surface area (Å²) < 4.78 is 6.04. The Morgan fingerprint density at radius 3 is 2.32 bits per heavy atom. The number of hydrogen-bond donors (Lipinski definition) is 2. The summed E-state index contributed by atoms with van der Waals surface area (Å²) >= 11 is 0. The molecule has 2 aliphatic heterocycles. The number of aliphatic hydroxyl groups is 1. The minimum absolute atomic E-state index is 0.0705. The first-order valence-electron chi connectivity index (χ1n) is 10.3. The largest absolute Gasteiger partial charge is 0.462 e. The van der Waals surface area contributed by atoms with Gasteiger partial charge in [-0.15, -0.1) is 0 Å². The highest BCUT2D eigenvalue weighted by Crippen LogP contribution is 2.34. The Hall–Kier alpha value is -2.17. The summed E-state index contributed by atoms with van der Waals surface area (Å²) in [4.78, 5) is 13.5. The Bertz CT molecular complexity index is 792. The molecule has 0 aliphatic carbocycles. The van der Waals surface area contributed by atoms with Crippen LogP contribution in [0.5, 0.6) is 0 Å². The van der Waals surface area contributed by atoms with Crippen LogP contribution in [-0.2, 0) is 21.4 Å². The van der Waals surface area contributed by atoms with Gasteiger partial charge in [-0.05, 0) is 50.2 Å². The standard InChI is InChI=1S/C24H29NO3/c1-17-7-9-18(10-8-17)15-24(16-26,19-5-3-2-4-6-19)23(27)28-22-13-20-11-12-21(14-22)25-20/h2-10,20-22,25-26H,11-16H2,1H3. The van der Waals surface area contributed by atoms with E-state index in [-0.39, 0.29) is 18.7 Å². The van der Waals surface area contributed by atoms with Gasteiger partial charge in [0.2, 0.25) is 0 Å². The zero-order chi connectivity index (χ0) is 19.6. The SMILES string of the molecule is Cc1ccc(CC(CO)(C(=O)OC2CC3CCC(C2)N3)c2ccccc2)cc1. The molecule has 0 spiro atoms. The Balaban J connectivity index is 1.61. The van der Waals surface area contributed by atoms with Crippen molar-refractivity contribution in [1.82, 2.24) is 5.32 Å². The average molecular weight is 380 g/mol. The lowest BCUT2D eigenvalue weighted by Gasteiger charge is -2.35. The van der Waals surface area contributed by atoms with Gasteiger partial charge < -0.3 is 15.2 Å². The molecule has 2 aromatic rings. The van der Waals surface area contributed by atoms with E-state index in [1.165, 1.54) is 5.56 Å². The molecule has 0 amide bonds. The summed E-state index contributed by atoms with van der Waals surface area (Å²) in [7, 11) is 0. The molecular formula is C24H29NO3. The Kier molecular flexibility index (Phi) is 5.51. The number of benzene rings is 2. The van der Waals surface area contributed by atoms with Gasteiger partial charge in [0.1, 0.15) is 11.5 Å². The van der Waals surface area contributed by atoms with Crippen LogP contribution in [-0.4, -0.2) is 35.9 Å². The highest BCUT2D eigenvalue weighted by molar-refractivity contribution is 5.84. The van der Waals surface area contributed by atoms with Gasteiger partial charge in [0.25, 0.3) is 0 Å². The summed E-state index contributed by atoms with van der Waals surface area (Å²) in [6.07, 6.45) is 4.40. The lowest BCUT2D eigenvalue weighted by molar-refractivity contribution is -0.160. The molecule has 4 heteroatoms. The fraction of sp³-hybridized carbons (Fsp3) is 0.458. The molecule has 3 atom stereocenters. The van der Waals surface area contributed by atoms with Crippen molar-refractivity contribution >= 4 is 5.97 Å². The normalized spacial score (nSPS) is 25.9. The molecule has 2 bridgehead atoms. The van der Waals surface area contributed by atoms with E-state index in [0.717, 1.165) is 36.8 Å². The Labute approximate surface area is 166 Å². The van der Waals surface area contributed by atoms with Crippen molar-refractivity contribution in [1.29, 1.82) is 0 Å². The molecule has 28 heavy (non-hydrogen) atoms. The zero-order valence-corrected chi connectivity index (χ0v) is 16.4. The highest BCUT2D eigenvalue weighted by Gasteiger charge is 2.44. The van der Waals surface area contributed by atoms with Crippen molar-refractivity contribution in [2.24, 2.45) is 0 Å². The molecule has 2 aromatic carbocycles. The van der Waals surface area contributed by atoms with E-state index < -0.39 is 5.41 Å². The van der Waals surface area contributed by atoms with Gasteiger partial charge in [0, 0.05) is 12.1 Å². The maximum absolute atomic E-state index is 13.5. The molecule has 2 aliphatic rings. The van der Waals surface area contributed by atoms with Gasteiger partial charge in [-0.1, -0.05) is 60.2 Å². The number of esters is 1. The summed E-state index contributed by atoms with van der Waals surface area (Å²) in [5.41, 5.74) is 1.91. The van der Waals surface area contributed by atoms with Gasteiger partial charge >= 0.3 is 5.97 Å². The summed E-state index contributed by atoms with van der Waals surface area (Å²) in [5, 5.41) is 14.0.